The van der Waals surface area contributed by atoms with Crippen molar-refractivity contribution in [3.63, 3.8) is 0 Å². The molecule has 6 nitrogen and oxygen atoms in total. The van der Waals surface area contributed by atoms with Gasteiger partial charge in [0.15, 0.2) is 0 Å². The van der Waals surface area contributed by atoms with Crippen LogP contribution in [0.5, 0.6) is 0 Å². The van der Waals surface area contributed by atoms with Crippen LogP contribution in [0.15, 0.2) is 71.9 Å². The van der Waals surface area contributed by atoms with E-state index >= 15 is 0 Å². The van der Waals surface area contributed by atoms with Crippen molar-refractivity contribution in [3.8, 4) is 5.69 Å². The fraction of sp³-hybridized carbons (Fsp3) is 0.150. The van der Waals surface area contributed by atoms with Gasteiger partial charge in [-0.3, -0.25) is 20.4 Å². The van der Waals surface area contributed by atoms with E-state index < -0.39 is 0 Å². The molecule has 0 atom stereocenters. The molecule has 0 spiro atoms. The number of rotatable bonds is 6. The molecular formula is C20H20N4O2S. The third-order valence-electron chi connectivity index (χ3n) is 3.75. The third-order valence-corrected chi connectivity index (χ3v) is 4.77. The van der Waals surface area contributed by atoms with E-state index in [0.29, 0.717) is 0 Å². The summed E-state index contributed by atoms with van der Waals surface area (Å²) in [6, 6.07) is 17.6. The summed E-state index contributed by atoms with van der Waals surface area (Å²) in [5.74, 6) is -0.319. The van der Waals surface area contributed by atoms with Crippen molar-refractivity contribution in [1.29, 1.82) is 0 Å². The maximum Gasteiger partial charge on any atom is 0.248 e. The van der Waals surface area contributed by atoms with Gasteiger partial charge in [-0.25, -0.2) is 4.68 Å². The molecule has 0 radical (unpaired) electrons. The minimum absolute atomic E-state index is 0.137. The normalized spacial score (nSPS) is 10.4. The number of nitrogens with one attached hydrogen (secondary N) is 2. The highest BCUT2D eigenvalue weighted by Crippen LogP contribution is 2.17. The average Bonchev–Trinajstić information content (AvgIpc) is 3.15. The smallest absolute Gasteiger partial charge is 0.248 e. The van der Waals surface area contributed by atoms with E-state index in [1.54, 1.807) is 17.1 Å². The zero-order chi connectivity index (χ0) is 19.1. The van der Waals surface area contributed by atoms with Crippen molar-refractivity contribution >= 4 is 23.6 Å². The lowest BCUT2D eigenvalue weighted by atomic mass is 10.2. The second-order valence-electron chi connectivity index (χ2n) is 6.00. The zero-order valence-electron chi connectivity index (χ0n) is 14.9. The fourth-order valence-electron chi connectivity index (χ4n) is 2.36. The number of hydrazine groups is 1. The Kier molecular flexibility index (Phi) is 6.27. The van der Waals surface area contributed by atoms with E-state index in [9.17, 15) is 9.59 Å². The second kappa shape index (κ2) is 9.05. The molecule has 7 heteroatoms. The topological polar surface area (TPSA) is 76.0 Å². The number of hydrogen-bond acceptors (Lipinski definition) is 4. The molecule has 1 aromatic heterocycles. The summed E-state index contributed by atoms with van der Waals surface area (Å²) in [4.78, 5) is 24.9. The van der Waals surface area contributed by atoms with Gasteiger partial charge in [-0.05, 0) is 36.8 Å². The number of hydrogen-bond donors (Lipinski definition) is 2. The van der Waals surface area contributed by atoms with Gasteiger partial charge in [0.2, 0.25) is 11.8 Å². The molecule has 3 rings (SSSR count). The van der Waals surface area contributed by atoms with Crippen LogP contribution in [0.3, 0.4) is 0 Å². The maximum atomic E-state index is 12.0. The number of aromatic nitrogens is 2. The summed E-state index contributed by atoms with van der Waals surface area (Å²) < 4.78 is 1.71. The van der Waals surface area contributed by atoms with Gasteiger partial charge in [0, 0.05) is 11.1 Å². The maximum absolute atomic E-state index is 12.0. The molecular weight excluding hydrogens is 360 g/mol. The first-order valence-corrected chi connectivity index (χ1v) is 9.45. The molecule has 0 bridgehead atoms. The highest BCUT2D eigenvalue weighted by Gasteiger charge is 2.09. The van der Waals surface area contributed by atoms with Gasteiger partial charge >= 0.3 is 0 Å². The number of benzene rings is 2. The number of thioether (sulfide) groups is 1. The van der Waals surface area contributed by atoms with E-state index in [4.69, 9.17) is 0 Å². The van der Waals surface area contributed by atoms with Crippen LogP contribution in [0.25, 0.3) is 5.69 Å². The summed E-state index contributed by atoms with van der Waals surface area (Å²) in [6.07, 6.45) is 3.57. The van der Waals surface area contributed by atoms with Crippen LogP contribution >= 0.6 is 11.8 Å². The molecule has 0 unspecified atom stereocenters. The van der Waals surface area contributed by atoms with Crippen LogP contribution in [0.2, 0.25) is 0 Å². The molecule has 3 aromatic rings. The van der Waals surface area contributed by atoms with Gasteiger partial charge in [0.25, 0.3) is 0 Å². The lowest BCUT2D eigenvalue weighted by Gasteiger charge is -2.07. The quantitative estimate of drug-likeness (QED) is 0.509. The summed E-state index contributed by atoms with van der Waals surface area (Å²) in [5.41, 5.74) is 7.73. The van der Waals surface area contributed by atoms with Crippen LogP contribution in [-0.4, -0.2) is 27.3 Å². The average molecular weight is 380 g/mol. The molecule has 27 heavy (non-hydrogen) atoms. The van der Waals surface area contributed by atoms with Gasteiger partial charge in [-0.2, -0.15) is 5.10 Å². The summed E-state index contributed by atoms with van der Waals surface area (Å²) in [7, 11) is 0. The Morgan fingerprint density at radius 2 is 1.70 bits per heavy atom. The first-order chi connectivity index (χ1) is 13.1. The van der Waals surface area contributed by atoms with E-state index in [1.165, 1.54) is 17.3 Å². The van der Waals surface area contributed by atoms with Crippen molar-refractivity contribution in [2.45, 2.75) is 18.2 Å². The van der Waals surface area contributed by atoms with Crippen molar-refractivity contribution < 1.29 is 9.59 Å². The van der Waals surface area contributed by atoms with Gasteiger partial charge in [-0.15, -0.1) is 11.8 Å². The van der Waals surface area contributed by atoms with Crippen molar-refractivity contribution in [3.05, 3.63) is 78.1 Å². The van der Waals surface area contributed by atoms with Crippen molar-refractivity contribution in [1.82, 2.24) is 20.6 Å². The van der Waals surface area contributed by atoms with E-state index in [-0.39, 0.29) is 24.0 Å². The highest BCUT2D eigenvalue weighted by atomic mass is 32.2. The minimum Gasteiger partial charge on any atom is -0.273 e. The Bertz CT molecular complexity index is 907. The van der Waals surface area contributed by atoms with Crippen LogP contribution in [-0.2, 0) is 16.0 Å². The molecule has 0 saturated carbocycles. The van der Waals surface area contributed by atoms with Crippen molar-refractivity contribution in [2.24, 2.45) is 0 Å². The second-order valence-corrected chi connectivity index (χ2v) is 7.05. The Labute approximate surface area is 161 Å². The lowest BCUT2D eigenvalue weighted by Crippen LogP contribution is -2.43. The molecule has 1 heterocycles. The Morgan fingerprint density at radius 1 is 1.00 bits per heavy atom. The monoisotopic (exact) mass is 380 g/mol. The number of amides is 2. The summed E-state index contributed by atoms with van der Waals surface area (Å²) in [6.45, 7) is 2.01. The van der Waals surface area contributed by atoms with Gasteiger partial charge in [-0.1, -0.05) is 35.9 Å². The molecule has 0 fully saturated rings. The van der Waals surface area contributed by atoms with Gasteiger partial charge in [0.05, 0.1) is 24.1 Å². The predicted octanol–water partition coefficient (Wildman–Crippen LogP) is 2.66. The fourth-order valence-corrected chi connectivity index (χ4v) is 3.06. The number of para-hydroxylation sites is 1. The third kappa shape index (κ3) is 5.72. The first-order valence-electron chi connectivity index (χ1n) is 8.46. The van der Waals surface area contributed by atoms with Gasteiger partial charge < -0.3 is 0 Å². The Hall–Kier alpha value is -3.06. The summed E-state index contributed by atoms with van der Waals surface area (Å²) >= 11 is 1.42. The van der Waals surface area contributed by atoms with Gasteiger partial charge in [0.1, 0.15) is 0 Å². The molecule has 0 aliphatic rings. The molecule has 0 saturated heterocycles. The molecule has 0 aliphatic carbocycles. The zero-order valence-corrected chi connectivity index (χ0v) is 15.7. The number of carbonyl (C=O) groups is 2. The molecule has 138 valence electrons. The molecule has 0 aliphatic heterocycles. The lowest BCUT2D eigenvalue weighted by molar-refractivity contribution is -0.127. The van der Waals surface area contributed by atoms with Crippen LogP contribution in [0, 0.1) is 6.92 Å². The Balaban J connectivity index is 1.42. The van der Waals surface area contributed by atoms with E-state index in [2.05, 4.69) is 16.0 Å². The minimum atomic E-state index is -0.295. The summed E-state index contributed by atoms with van der Waals surface area (Å²) in [5, 5.41) is 4.25. The van der Waals surface area contributed by atoms with E-state index in [1.807, 2.05) is 61.5 Å². The first kappa shape index (κ1) is 18.7. The molecule has 2 N–H and O–H groups in total. The highest BCUT2D eigenvalue weighted by molar-refractivity contribution is 8.00. The predicted molar refractivity (Wildman–Crippen MR) is 105 cm³/mol. The largest absolute Gasteiger partial charge is 0.273 e. The van der Waals surface area contributed by atoms with Crippen LogP contribution < -0.4 is 10.9 Å². The number of nitrogens with zero attached hydrogens (tertiary/aromatic N) is 2. The Morgan fingerprint density at radius 3 is 2.44 bits per heavy atom. The van der Waals surface area contributed by atoms with Crippen molar-refractivity contribution in [2.75, 3.05) is 5.75 Å². The molecule has 2 amide bonds. The molecule has 2 aromatic carbocycles. The SMILES string of the molecule is Cc1ccc(SCC(=O)NNC(=O)Cc2cnn(-c3ccccc3)c2)cc1. The van der Waals surface area contributed by atoms with E-state index in [0.717, 1.165) is 16.1 Å². The number of carbonyl (C=O) groups excluding carboxylic acids is 2. The van der Waals surface area contributed by atoms with Crippen LogP contribution in [0.1, 0.15) is 11.1 Å². The van der Waals surface area contributed by atoms with Crippen LogP contribution in [0.4, 0.5) is 0 Å². The standard InChI is InChI=1S/C20H20N4O2S/c1-15-7-9-18(10-8-15)27-14-20(26)23-22-19(25)11-16-12-21-24(13-16)17-5-3-2-4-6-17/h2-10,12-13H,11,14H2,1H3,(H,22,25)(H,23,26). The number of aryl methyl sites for hydroxylation is 1.